The molecular weight excluding hydrogens is 480 g/mol. The van der Waals surface area contributed by atoms with Gasteiger partial charge in [0, 0.05) is 29.4 Å². The van der Waals surface area contributed by atoms with E-state index in [-0.39, 0.29) is 30.5 Å². The molecule has 9 heteroatoms. The zero-order valence-electron chi connectivity index (χ0n) is 20.1. The lowest BCUT2D eigenvalue weighted by atomic mass is 9.90. The Kier molecular flexibility index (Phi) is 6.38. The molecule has 1 amide bonds. The maximum Gasteiger partial charge on any atom is 0.299 e. The maximum absolute atomic E-state index is 13.4. The zero-order chi connectivity index (χ0) is 25.4. The van der Waals surface area contributed by atoms with Crippen molar-refractivity contribution in [2.75, 3.05) is 25.2 Å². The minimum Gasteiger partial charge on any atom is -0.507 e. The number of pyridine rings is 1. The third-order valence-corrected chi connectivity index (χ3v) is 7.13. The molecule has 0 radical (unpaired) electrons. The van der Waals surface area contributed by atoms with Crippen LogP contribution in [0, 0.1) is 5.92 Å². The second-order valence-corrected chi connectivity index (χ2v) is 9.92. The van der Waals surface area contributed by atoms with Gasteiger partial charge in [-0.3, -0.25) is 14.5 Å². The van der Waals surface area contributed by atoms with Gasteiger partial charge in [-0.25, -0.2) is 4.98 Å². The van der Waals surface area contributed by atoms with E-state index in [2.05, 4.69) is 4.98 Å². The summed E-state index contributed by atoms with van der Waals surface area (Å²) in [5.41, 5.74) is 2.95. The number of aromatic nitrogens is 1. The number of ketones is 1. The van der Waals surface area contributed by atoms with E-state index in [1.807, 2.05) is 54.9 Å². The van der Waals surface area contributed by atoms with E-state index < -0.39 is 23.5 Å². The number of thiophene rings is 1. The molecule has 3 aromatic rings. The maximum atomic E-state index is 13.4. The van der Waals surface area contributed by atoms with E-state index in [1.54, 1.807) is 23.5 Å². The molecule has 2 aliphatic heterocycles. The highest BCUT2D eigenvalue weighted by Crippen LogP contribution is 2.39. The van der Waals surface area contributed by atoms with Gasteiger partial charge < -0.3 is 19.3 Å². The highest BCUT2D eigenvalue weighted by atomic mass is 32.1. The minimum absolute atomic E-state index is 0.00536. The molecular formula is C27H26N2O6S. The number of ether oxygens (including phenoxy) is 3. The minimum atomic E-state index is -0.782. The predicted octanol–water partition coefficient (Wildman–Crippen LogP) is 4.47. The summed E-state index contributed by atoms with van der Waals surface area (Å²) in [6.07, 6.45) is 1.41. The fourth-order valence-electron chi connectivity index (χ4n) is 4.51. The third-order valence-electron chi connectivity index (χ3n) is 6.44. The van der Waals surface area contributed by atoms with Crippen molar-refractivity contribution in [2.45, 2.75) is 25.7 Å². The molecule has 1 unspecified atom stereocenters. The molecule has 8 nitrogen and oxygen atoms in total. The van der Waals surface area contributed by atoms with Crippen LogP contribution in [0.25, 0.3) is 16.9 Å². The first kappa shape index (κ1) is 24.2. The van der Waals surface area contributed by atoms with Crippen LogP contribution in [0.5, 0.6) is 5.88 Å². The number of nitrogens with zero attached hydrogens (tertiary/aromatic N) is 2. The summed E-state index contributed by atoms with van der Waals surface area (Å²) >= 11 is 1.60. The number of amides is 1. The van der Waals surface area contributed by atoms with Gasteiger partial charge in [-0.1, -0.05) is 12.1 Å². The van der Waals surface area contributed by atoms with Crippen LogP contribution in [-0.4, -0.2) is 53.9 Å². The number of carbonyl (C=O) groups is 2. The standard InChI is InChI=1S/C27H26N2O6S/c1-27(2)34-13-19(14-35-27)23-22(24(30)17-6-9-21(33-3)28-12-17)25(31)26(32)29(23)20-7-4-16(5-8-20)18-10-11-36-15-18/h4-12,15,19,23,30H,13-14H2,1-3H3/b24-22-. The van der Waals surface area contributed by atoms with E-state index in [0.29, 0.717) is 17.1 Å². The van der Waals surface area contributed by atoms with Gasteiger partial charge in [0.25, 0.3) is 11.7 Å². The van der Waals surface area contributed by atoms with Crippen LogP contribution in [0.1, 0.15) is 19.4 Å². The molecule has 0 spiro atoms. The number of Topliss-reactive ketones (excluding diaryl/α,β-unsaturated/α-hetero) is 1. The van der Waals surface area contributed by atoms with Gasteiger partial charge in [0.05, 0.1) is 31.9 Å². The van der Waals surface area contributed by atoms with Gasteiger partial charge >= 0.3 is 0 Å². The summed E-state index contributed by atoms with van der Waals surface area (Å²) in [6, 6.07) is 11.9. The van der Waals surface area contributed by atoms with E-state index in [0.717, 1.165) is 11.1 Å². The smallest absolute Gasteiger partial charge is 0.299 e. The van der Waals surface area contributed by atoms with Crippen molar-refractivity contribution < 1.29 is 28.9 Å². The second-order valence-electron chi connectivity index (χ2n) is 9.14. The van der Waals surface area contributed by atoms with Crippen LogP contribution in [0.2, 0.25) is 0 Å². The molecule has 2 aromatic heterocycles. The number of aliphatic hydroxyl groups excluding tert-OH is 1. The Balaban J connectivity index is 1.58. The molecule has 0 aliphatic carbocycles. The first-order valence-corrected chi connectivity index (χ1v) is 12.5. The molecule has 2 fully saturated rings. The van der Waals surface area contributed by atoms with Crippen molar-refractivity contribution in [2.24, 2.45) is 5.92 Å². The summed E-state index contributed by atoms with van der Waals surface area (Å²) in [7, 11) is 1.49. The Morgan fingerprint density at radius 1 is 1.08 bits per heavy atom. The second kappa shape index (κ2) is 9.50. The summed E-state index contributed by atoms with van der Waals surface area (Å²) in [5, 5.41) is 15.3. The number of methoxy groups -OCH3 is 1. The van der Waals surface area contributed by atoms with E-state index >= 15 is 0 Å². The van der Waals surface area contributed by atoms with E-state index in [4.69, 9.17) is 14.2 Å². The van der Waals surface area contributed by atoms with Crippen LogP contribution in [0.3, 0.4) is 0 Å². The Morgan fingerprint density at radius 3 is 2.39 bits per heavy atom. The van der Waals surface area contributed by atoms with E-state index in [1.165, 1.54) is 18.2 Å². The molecule has 1 aromatic carbocycles. The van der Waals surface area contributed by atoms with Crippen molar-refractivity contribution in [3.8, 4) is 17.0 Å². The lowest BCUT2D eigenvalue weighted by molar-refractivity contribution is -0.262. The van der Waals surface area contributed by atoms with Crippen molar-refractivity contribution in [3.05, 3.63) is 70.6 Å². The molecule has 0 saturated carbocycles. The fourth-order valence-corrected chi connectivity index (χ4v) is 5.18. The van der Waals surface area contributed by atoms with Gasteiger partial charge in [0.15, 0.2) is 5.79 Å². The van der Waals surface area contributed by atoms with Crippen LogP contribution < -0.4 is 9.64 Å². The molecule has 5 rings (SSSR count). The van der Waals surface area contributed by atoms with Crippen molar-refractivity contribution in [1.82, 2.24) is 4.98 Å². The topological polar surface area (TPSA) is 98.2 Å². The quantitative estimate of drug-likeness (QED) is 0.310. The summed E-state index contributed by atoms with van der Waals surface area (Å²) in [5.74, 6) is -2.56. The fraction of sp³-hybridized carbons (Fsp3) is 0.296. The molecule has 186 valence electrons. The lowest BCUT2D eigenvalue weighted by Crippen LogP contribution is -2.49. The van der Waals surface area contributed by atoms with Crippen LogP contribution in [-0.2, 0) is 19.1 Å². The average Bonchev–Trinajstić information content (AvgIpc) is 3.51. The molecule has 36 heavy (non-hydrogen) atoms. The van der Waals surface area contributed by atoms with E-state index in [9.17, 15) is 14.7 Å². The van der Waals surface area contributed by atoms with Gasteiger partial charge in [-0.15, -0.1) is 0 Å². The summed E-state index contributed by atoms with van der Waals surface area (Å²) in [4.78, 5) is 32.3. The summed E-state index contributed by atoms with van der Waals surface area (Å²) < 4.78 is 16.8. The van der Waals surface area contributed by atoms with Crippen molar-refractivity contribution >= 4 is 34.5 Å². The van der Waals surface area contributed by atoms with Gasteiger partial charge in [-0.2, -0.15) is 11.3 Å². The Labute approximate surface area is 212 Å². The Hall–Kier alpha value is -3.53. The average molecular weight is 507 g/mol. The molecule has 2 aliphatic rings. The number of aliphatic hydroxyl groups is 1. The first-order chi connectivity index (χ1) is 17.3. The SMILES string of the molecule is COc1ccc(/C(O)=C2/C(=O)C(=O)N(c3ccc(-c4ccsc4)cc3)C2C2COC(C)(C)OC2)cn1. The van der Waals surface area contributed by atoms with Crippen molar-refractivity contribution in [1.29, 1.82) is 0 Å². The van der Waals surface area contributed by atoms with Crippen LogP contribution in [0.4, 0.5) is 5.69 Å². The van der Waals surface area contributed by atoms with Crippen molar-refractivity contribution in [3.63, 3.8) is 0 Å². The van der Waals surface area contributed by atoms with Crippen LogP contribution in [0.15, 0.2) is 65.0 Å². The van der Waals surface area contributed by atoms with Gasteiger partial charge in [0.2, 0.25) is 5.88 Å². The number of carbonyl (C=O) groups excluding carboxylic acids is 2. The molecule has 2 saturated heterocycles. The Morgan fingerprint density at radius 2 is 1.81 bits per heavy atom. The molecule has 1 N–H and O–H groups in total. The normalized spacial score (nSPS) is 21.6. The number of anilines is 1. The monoisotopic (exact) mass is 506 g/mol. The molecule has 0 bridgehead atoms. The third kappa shape index (κ3) is 4.41. The van der Waals surface area contributed by atoms with Crippen LogP contribution >= 0.6 is 11.3 Å². The molecule has 4 heterocycles. The highest BCUT2D eigenvalue weighted by molar-refractivity contribution is 7.08. The first-order valence-electron chi connectivity index (χ1n) is 11.5. The Bertz CT molecular complexity index is 1290. The number of hydrogen-bond donors (Lipinski definition) is 1. The highest BCUT2D eigenvalue weighted by Gasteiger charge is 2.51. The van der Waals surface area contributed by atoms with Gasteiger partial charge in [-0.05, 0) is 60.0 Å². The lowest BCUT2D eigenvalue weighted by Gasteiger charge is -2.39. The van der Waals surface area contributed by atoms with Gasteiger partial charge in [0.1, 0.15) is 5.76 Å². The largest absolute Gasteiger partial charge is 0.507 e. The summed E-state index contributed by atoms with van der Waals surface area (Å²) in [6.45, 7) is 4.12. The number of benzene rings is 1. The predicted molar refractivity (Wildman–Crippen MR) is 136 cm³/mol. The number of rotatable bonds is 5. The molecule has 1 atom stereocenters. The zero-order valence-corrected chi connectivity index (χ0v) is 21.0. The number of hydrogen-bond acceptors (Lipinski definition) is 8.